The Hall–Kier alpha value is -2.49. The van der Waals surface area contributed by atoms with Crippen LogP contribution in [0.3, 0.4) is 0 Å². The molecule has 0 spiro atoms. The molecule has 0 aromatic heterocycles. The van der Waals surface area contributed by atoms with Crippen LogP contribution in [0.4, 0.5) is 5.69 Å². The molecule has 2 aromatic rings. The van der Waals surface area contributed by atoms with E-state index in [0.29, 0.717) is 17.9 Å². The van der Waals surface area contributed by atoms with Gasteiger partial charge in [-0.05, 0) is 36.1 Å². The fraction of sp³-hybridized carbons (Fsp3) is 0.278. The predicted molar refractivity (Wildman–Crippen MR) is 85.3 cm³/mol. The molecule has 3 rings (SSSR count). The first-order chi connectivity index (χ1) is 10.7. The van der Waals surface area contributed by atoms with E-state index < -0.39 is 0 Å². The first-order valence-electron chi connectivity index (χ1n) is 7.52. The molecule has 0 radical (unpaired) electrons. The predicted octanol–water partition coefficient (Wildman–Crippen LogP) is 3.55. The third-order valence-corrected chi connectivity index (χ3v) is 3.73. The van der Waals surface area contributed by atoms with Gasteiger partial charge in [0.05, 0.1) is 0 Å². The summed E-state index contributed by atoms with van der Waals surface area (Å²) in [4.78, 5) is 12.0. The molecule has 0 aliphatic carbocycles. The lowest BCUT2D eigenvalue weighted by atomic mass is 10.1. The Balaban J connectivity index is 1.53. The van der Waals surface area contributed by atoms with Crippen molar-refractivity contribution in [2.24, 2.45) is 0 Å². The Morgan fingerprint density at radius 1 is 1.05 bits per heavy atom. The Bertz CT molecular complexity index is 665. The quantitative estimate of drug-likeness (QED) is 0.918. The van der Waals surface area contributed by atoms with Gasteiger partial charge in [0.2, 0.25) is 12.7 Å². The van der Waals surface area contributed by atoms with Crippen LogP contribution in [0.1, 0.15) is 24.5 Å². The second-order valence-electron chi connectivity index (χ2n) is 5.29. The molecule has 114 valence electrons. The van der Waals surface area contributed by atoms with Crippen molar-refractivity contribution in [2.75, 3.05) is 12.1 Å². The highest BCUT2D eigenvalue weighted by Gasteiger charge is 2.14. The van der Waals surface area contributed by atoms with E-state index in [4.69, 9.17) is 9.47 Å². The molecule has 0 unspecified atom stereocenters. The number of benzene rings is 2. The standard InChI is InChI=1S/C18H19NO3/c1-2-13-3-5-14(6-4-13)7-10-18(20)19-15-8-9-16-17(11-15)22-12-21-16/h3-6,8-9,11H,2,7,10,12H2,1H3,(H,19,20). The van der Waals surface area contributed by atoms with E-state index in [1.54, 1.807) is 12.1 Å². The van der Waals surface area contributed by atoms with Crippen molar-refractivity contribution in [3.05, 3.63) is 53.6 Å². The van der Waals surface area contributed by atoms with Gasteiger partial charge in [-0.3, -0.25) is 4.79 Å². The summed E-state index contributed by atoms with van der Waals surface area (Å²) in [5, 5.41) is 2.89. The molecule has 2 aromatic carbocycles. The lowest BCUT2D eigenvalue weighted by Crippen LogP contribution is -2.12. The van der Waals surface area contributed by atoms with Crippen LogP contribution in [-0.2, 0) is 17.6 Å². The van der Waals surface area contributed by atoms with Crippen LogP contribution < -0.4 is 14.8 Å². The third-order valence-electron chi connectivity index (χ3n) is 3.73. The van der Waals surface area contributed by atoms with Crippen LogP contribution in [0.5, 0.6) is 11.5 Å². The molecule has 1 heterocycles. The van der Waals surface area contributed by atoms with E-state index in [9.17, 15) is 4.79 Å². The average molecular weight is 297 g/mol. The van der Waals surface area contributed by atoms with Crippen molar-refractivity contribution >= 4 is 11.6 Å². The van der Waals surface area contributed by atoms with Crippen LogP contribution in [0.15, 0.2) is 42.5 Å². The lowest BCUT2D eigenvalue weighted by molar-refractivity contribution is -0.116. The summed E-state index contributed by atoms with van der Waals surface area (Å²) in [6.07, 6.45) is 2.23. The number of ether oxygens (including phenoxy) is 2. The number of hydrogen-bond donors (Lipinski definition) is 1. The molecule has 0 atom stereocenters. The van der Waals surface area contributed by atoms with Gasteiger partial charge in [-0.1, -0.05) is 31.2 Å². The smallest absolute Gasteiger partial charge is 0.231 e. The Kier molecular flexibility index (Phi) is 4.28. The molecule has 1 aliphatic rings. The van der Waals surface area contributed by atoms with Crippen molar-refractivity contribution < 1.29 is 14.3 Å². The van der Waals surface area contributed by atoms with Crippen molar-refractivity contribution in [3.8, 4) is 11.5 Å². The zero-order chi connectivity index (χ0) is 15.4. The monoisotopic (exact) mass is 297 g/mol. The molecule has 22 heavy (non-hydrogen) atoms. The van der Waals surface area contributed by atoms with Gasteiger partial charge in [0, 0.05) is 18.2 Å². The number of rotatable bonds is 5. The van der Waals surface area contributed by atoms with Gasteiger partial charge in [0.15, 0.2) is 11.5 Å². The van der Waals surface area contributed by atoms with Gasteiger partial charge in [-0.15, -0.1) is 0 Å². The van der Waals surface area contributed by atoms with E-state index in [1.807, 2.05) is 6.07 Å². The van der Waals surface area contributed by atoms with E-state index >= 15 is 0 Å². The van der Waals surface area contributed by atoms with Gasteiger partial charge < -0.3 is 14.8 Å². The minimum Gasteiger partial charge on any atom is -0.454 e. The minimum absolute atomic E-state index is 0.00145. The number of carbonyl (C=O) groups is 1. The normalized spacial score (nSPS) is 12.2. The number of carbonyl (C=O) groups excluding carboxylic acids is 1. The van der Waals surface area contributed by atoms with Crippen molar-refractivity contribution in [2.45, 2.75) is 26.2 Å². The largest absolute Gasteiger partial charge is 0.454 e. The summed E-state index contributed by atoms with van der Waals surface area (Å²) in [7, 11) is 0. The number of nitrogens with one attached hydrogen (secondary N) is 1. The molecule has 0 saturated heterocycles. The number of amides is 1. The summed E-state index contributed by atoms with van der Waals surface area (Å²) in [5.41, 5.74) is 3.22. The maximum atomic E-state index is 12.0. The van der Waals surface area contributed by atoms with Gasteiger partial charge in [-0.2, -0.15) is 0 Å². The zero-order valence-corrected chi connectivity index (χ0v) is 12.6. The van der Waals surface area contributed by atoms with E-state index in [2.05, 4.69) is 36.5 Å². The Morgan fingerprint density at radius 3 is 2.55 bits per heavy atom. The van der Waals surface area contributed by atoms with Crippen LogP contribution in [0.2, 0.25) is 0 Å². The molecule has 0 saturated carbocycles. The Morgan fingerprint density at radius 2 is 1.77 bits per heavy atom. The van der Waals surface area contributed by atoms with Crippen LogP contribution in [0.25, 0.3) is 0 Å². The summed E-state index contributed by atoms with van der Waals surface area (Å²) < 4.78 is 10.5. The molecule has 0 bridgehead atoms. The molecule has 4 heteroatoms. The maximum absolute atomic E-state index is 12.0. The maximum Gasteiger partial charge on any atom is 0.231 e. The van der Waals surface area contributed by atoms with Gasteiger partial charge in [0.1, 0.15) is 0 Å². The molecular weight excluding hydrogens is 278 g/mol. The number of hydrogen-bond acceptors (Lipinski definition) is 3. The molecule has 4 nitrogen and oxygen atoms in total. The fourth-order valence-corrected chi connectivity index (χ4v) is 2.40. The minimum atomic E-state index is -0.00145. The highest BCUT2D eigenvalue weighted by atomic mass is 16.7. The number of anilines is 1. The zero-order valence-electron chi connectivity index (χ0n) is 12.6. The highest BCUT2D eigenvalue weighted by Crippen LogP contribution is 2.34. The second-order valence-corrected chi connectivity index (χ2v) is 5.29. The van der Waals surface area contributed by atoms with E-state index in [-0.39, 0.29) is 12.7 Å². The first-order valence-corrected chi connectivity index (χ1v) is 7.52. The lowest BCUT2D eigenvalue weighted by Gasteiger charge is -2.07. The van der Waals surface area contributed by atoms with Gasteiger partial charge in [-0.25, -0.2) is 0 Å². The molecule has 0 fully saturated rings. The second kappa shape index (κ2) is 6.52. The van der Waals surface area contributed by atoms with Crippen molar-refractivity contribution in [3.63, 3.8) is 0 Å². The SMILES string of the molecule is CCc1ccc(CCC(=O)Nc2ccc3c(c2)OCO3)cc1. The van der Waals surface area contributed by atoms with Crippen molar-refractivity contribution in [1.82, 2.24) is 0 Å². The van der Waals surface area contributed by atoms with Gasteiger partial charge >= 0.3 is 0 Å². The summed E-state index contributed by atoms with van der Waals surface area (Å²) in [5.74, 6) is 1.39. The number of fused-ring (bicyclic) bond motifs is 1. The highest BCUT2D eigenvalue weighted by molar-refractivity contribution is 5.91. The van der Waals surface area contributed by atoms with Gasteiger partial charge in [0.25, 0.3) is 0 Å². The molecule has 1 N–H and O–H groups in total. The molecule has 1 aliphatic heterocycles. The first kappa shape index (κ1) is 14.4. The summed E-state index contributed by atoms with van der Waals surface area (Å²) >= 11 is 0. The van der Waals surface area contributed by atoms with E-state index in [1.165, 1.54) is 11.1 Å². The summed E-state index contributed by atoms with van der Waals surface area (Å²) in [6.45, 7) is 2.37. The average Bonchev–Trinajstić information content (AvgIpc) is 3.01. The third kappa shape index (κ3) is 3.39. The van der Waals surface area contributed by atoms with Crippen LogP contribution in [-0.4, -0.2) is 12.7 Å². The molecule has 1 amide bonds. The fourth-order valence-electron chi connectivity index (χ4n) is 2.40. The summed E-state index contributed by atoms with van der Waals surface area (Å²) in [6, 6.07) is 13.8. The van der Waals surface area contributed by atoms with Crippen LogP contribution in [0, 0.1) is 0 Å². The number of aryl methyl sites for hydroxylation is 2. The topological polar surface area (TPSA) is 47.6 Å². The van der Waals surface area contributed by atoms with Crippen LogP contribution >= 0.6 is 0 Å². The Labute approximate surface area is 130 Å². The van der Waals surface area contributed by atoms with Crippen molar-refractivity contribution in [1.29, 1.82) is 0 Å². The molecular formula is C18H19NO3. The van der Waals surface area contributed by atoms with E-state index in [0.717, 1.165) is 18.5 Å².